The second kappa shape index (κ2) is 7.46. The van der Waals surface area contributed by atoms with Crippen LogP contribution in [0.3, 0.4) is 0 Å². The SMILES string of the molecule is CNC1CCC(N(C)C(=O)Cc2cccc(OC)c2)CC1. The molecule has 0 aromatic heterocycles. The van der Waals surface area contributed by atoms with E-state index >= 15 is 0 Å². The van der Waals surface area contributed by atoms with E-state index < -0.39 is 0 Å². The molecule has 1 amide bonds. The lowest BCUT2D eigenvalue weighted by Crippen LogP contribution is -2.43. The third-order valence-corrected chi connectivity index (χ3v) is 4.54. The number of hydrogen-bond donors (Lipinski definition) is 1. The van der Waals surface area contributed by atoms with Crippen LogP contribution in [0.25, 0.3) is 0 Å². The van der Waals surface area contributed by atoms with Gasteiger partial charge in [-0.05, 0) is 50.4 Å². The third-order valence-electron chi connectivity index (χ3n) is 4.54. The Morgan fingerprint density at radius 2 is 2.05 bits per heavy atom. The predicted octanol–water partition coefficient (Wildman–Crippen LogP) is 2.23. The van der Waals surface area contributed by atoms with Crippen molar-refractivity contribution in [2.45, 2.75) is 44.2 Å². The van der Waals surface area contributed by atoms with E-state index in [2.05, 4.69) is 5.32 Å². The fourth-order valence-corrected chi connectivity index (χ4v) is 3.04. The highest BCUT2D eigenvalue weighted by atomic mass is 16.5. The van der Waals surface area contributed by atoms with Crippen LogP contribution in [0, 0.1) is 0 Å². The van der Waals surface area contributed by atoms with Gasteiger partial charge in [-0.1, -0.05) is 12.1 Å². The molecule has 0 atom stereocenters. The second-order valence-electron chi connectivity index (χ2n) is 5.83. The van der Waals surface area contributed by atoms with E-state index in [1.807, 2.05) is 43.3 Å². The van der Waals surface area contributed by atoms with E-state index in [1.165, 1.54) is 0 Å². The average molecular weight is 290 g/mol. The molecule has 0 spiro atoms. The minimum atomic E-state index is 0.191. The number of carbonyl (C=O) groups excluding carboxylic acids is 1. The summed E-state index contributed by atoms with van der Waals surface area (Å²) in [6.07, 6.45) is 4.92. The van der Waals surface area contributed by atoms with Gasteiger partial charge in [0.25, 0.3) is 0 Å². The fourth-order valence-electron chi connectivity index (χ4n) is 3.04. The molecule has 4 nitrogen and oxygen atoms in total. The predicted molar refractivity (Wildman–Crippen MR) is 84.6 cm³/mol. The first-order chi connectivity index (χ1) is 10.1. The Balaban J connectivity index is 1.90. The molecule has 0 radical (unpaired) electrons. The molecule has 0 saturated heterocycles. The van der Waals surface area contributed by atoms with Crippen molar-refractivity contribution >= 4 is 5.91 Å². The van der Waals surface area contributed by atoms with Gasteiger partial charge >= 0.3 is 0 Å². The number of carbonyl (C=O) groups is 1. The van der Waals surface area contributed by atoms with Crippen molar-refractivity contribution in [1.29, 1.82) is 0 Å². The second-order valence-corrected chi connectivity index (χ2v) is 5.83. The zero-order chi connectivity index (χ0) is 15.2. The van der Waals surface area contributed by atoms with Crippen molar-refractivity contribution in [3.05, 3.63) is 29.8 Å². The Labute approximate surface area is 127 Å². The maximum Gasteiger partial charge on any atom is 0.226 e. The molecular formula is C17H26N2O2. The molecule has 1 aromatic carbocycles. The summed E-state index contributed by atoms with van der Waals surface area (Å²) in [5, 5.41) is 3.33. The van der Waals surface area contributed by atoms with Gasteiger partial charge in [0.1, 0.15) is 5.75 Å². The molecule has 21 heavy (non-hydrogen) atoms. The van der Waals surface area contributed by atoms with Gasteiger partial charge in [-0.2, -0.15) is 0 Å². The van der Waals surface area contributed by atoms with Gasteiger partial charge in [-0.25, -0.2) is 0 Å². The van der Waals surface area contributed by atoms with E-state index in [0.29, 0.717) is 18.5 Å². The molecule has 1 N–H and O–H groups in total. The largest absolute Gasteiger partial charge is 0.497 e. The molecule has 116 valence electrons. The molecular weight excluding hydrogens is 264 g/mol. The summed E-state index contributed by atoms with van der Waals surface area (Å²) >= 11 is 0. The lowest BCUT2D eigenvalue weighted by molar-refractivity contribution is -0.131. The van der Waals surface area contributed by atoms with E-state index in [-0.39, 0.29) is 5.91 Å². The van der Waals surface area contributed by atoms with Gasteiger partial charge < -0.3 is 15.0 Å². The normalized spacial score (nSPS) is 21.9. The van der Waals surface area contributed by atoms with E-state index in [9.17, 15) is 4.79 Å². The number of rotatable bonds is 5. The van der Waals surface area contributed by atoms with Crippen LogP contribution in [0.1, 0.15) is 31.2 Å². The number of amides is 1. The molecule has 2 rings (SSSR count). The Morgan fingerprint density at radius 1 is 1.33 bits per heavy atom. The molecule has 0 bridgehead atoms. The van der Waals surface area contributed by atoms with Crippen LogP contribution in [0.4, 0.5) is 0 Å². The van der Waals surface area contributed by atoms with Gasteiger partial charge in [-0.3, -0.25) is 4.79 Å². The molecule has 1 aliphatic carbocycles. The lowest BCUT2D eigenvalue weighted by atomic mass is 9.90. The van der Waals surface area contributed by atoms with Crippen molar-refractivity contribution in [3.63, 3.8) is 0 Å². The van der Waals surface area contributed by atoms with Crippen molar-refractivity contribution in [3.8, 4) is 5.75 Å². The summed E-state index contributed by atoms with van der Waals surface area (Å²) in [7, 11) is 5.60. The summed E-state index contributed by atoms with van der Waals surface area (Å²) in [5.74, 6) is 0.994. The Hall–Kier alpha value is -1.55. The zero-order valence-electron chi connectivity index (χ0n) is 13.3. The molecule has 1 fully saturated rings. The van der Waals surface area contributed by atoms with E-state index in [0.717, 1.165) is 37.0 Å². The number of ether oxygens (including phenoxy) is 1. The maximum atomic E-state index is 12.4. The molecule has 0 unspecified atom stereocenters. The van der Waals surface area contributed by atoms with Crippen LogP contribution in [-0.2, 0) is 11.2 Å². The first-order valence-corrected chi connectivity index (χ1v) is 7.70. The summed E-state index contributed by atoms with van der Waals surface area (Å²) in [5.41, 5.74) is 1.01. The lowest BCUT2D eigenvalue weighted by Gasteiger charge is -2.34. The molecule has 1 saturated carbocycles. The van der Waals surface area contributed by atoms with Crippen LogP contribution >= 0.6 is 0 Å². The van der Waals surface area contributed by atoms with Crippen molar-refractivity contribution < 1.29 is 9.53 Å². The summed E-state index contributed by atoms with van der Waals surface area (Å²) in [6, 6.07) is 8.74. The topological polar surface area (TPSA) is 41.6 Å². The monoisotopic (exact) mass is 290 g/mol. The van der Waals surface area contributed by atoms with Crippen LogP contribution in [0.2, 0.25) is 0 Å². The Morgan fingerprint density at radius 3 is 2.67 bits per heavy atom. The highest BCUT2D eigenvalue weighted by Gasteiger charge is 2.25. The highest BCUT2D eigenvalue weighted by molar-refractivity contribution is 5.79. The molecule has 0 aliphatic heterocycles. The number of nitrogens with zero attached hydrogens (tertiary/aromatic N) is 1. The number of hydrogen-bond acceptors (Lipinski definition) is 3. The van der Waals surface area contributed by atoms with E-state index in [1.54, 1.807) is 7.11 Å². The standard InChI is InChI=1S/C17H26N2O2/c1-18-14-7-9-15(10-8-14)19(2)17(20)12-13-5-4-6-16(11-13)21-3/h4-6,11,14-15,18H,7-10,12H2,1-3H3. The van der Waals surface area contributed by atoms with Crippen molar-refractivity contribution in [2.75, 3.05) is 21.2 Å². The van der Waals surface area contributed by atoms with Gasteiger partial charge in [0, 0.05) is 19.1 Å². The van der Waals surface area contributed by atoms with Gasteiger partial charge in [0.2, 0.25) is 5.91 Å². The highest BCUT2D eigenvalue weighted by Crippen LogP contribution is 2.23. The minimum absolute atomic E-state index is 0.191. The number of likely N-dealkylation sites (N-methyl/N-ethyl adjacent to an activating group) is 1. The van der Waals surface area contributed by atoms with Crippen molar-refractivity contribution in [2.24, 2.45) is 0 Å². The third kappa shape index (κ3) is 4.21. The maximum absolute atomic E-state index is 12.4. The van der Waals surface area contributed by atoms with Gasteiger partial charge in [-0.15, -0.1) is 0 Å². The zero-order valence-corrected chi connectivity index (χ0v) is 13.3. The Bertz CT molecular complexity index is 468. The van der Waals surface area contributed by atoms with Gasteiger partial charge in [0.15, 0.2) is 0 Å². The van der Waals surface area contributed by atoms with Crippen molar-refractivity contribution in [1.82, 2.24) is 10.2 Å². The quantitative estimate of drug-likeness (QED) is 0.904. The van der Waals surface area contributed by atoms with Crippen LogP contribution < -0.4 is 10.1 Å². The molecule has 1 aromatic rings. The van der Waals surface area contributed by atoms with E-state index in [4.69, 9.17) is 4.74 Å². The first kappa shape index (κ1) is 15.8. The van der Waals surface area contributed by atoms with Crippen LogP contribution in [0.15, 0.2) is 24.3 Å². The van der Waals surface area contributed by atoms with Crippen LogP contribution in [0.5, 0.6) is 5.75 Å². The minimum Gasteiger partial charge on any atom is -0.497 e. The Kier molecular flexibility index (Phi) is 5.62. The first-order valence-electron chi connectivity index (χ1n) is 7.70. The average Bonchev–Trinajstić information content (AvgIpc) is 2.54. The summed E-state index contributed by atoms with van der Waals surface area (Å²) < 4.78 is 5.21. The molecule has 4 heteroatoms. The summed E-state index contributed by atoms with van der Waals surface area (Å²) in [4.78, 5) is 14.4. The molecule has 0 heterocycles. The summed E-state index contributed by atoms with van der Waals surface area (Å²) in [6.45, 7) is 0. The molecule has 1 aliphatic rings. The smallest absolute Gasteiger partial charge is 0.226 e. The van der Waals surface area contributed by atoms with Gasteiger partial charge in [0.05, 0.1) is 13.5 Å². The fraction of sp³-hybridized carbons (Fsp3) is 0.588. The number of benzene rings is 1. The number of nitrogens with one attached hydrogen (secondary N) is 1. The van der Waals surface area contributed by atoms with Crippen LogP contribution in [-0.4, -0.2) is 44.1 Å². The number of methoxy groups -OCH3 is 1.